The summed E-state index contributed by atoms with van der Waals surface area (Å²) < 4.78 is 39.1. The van der Waals surface area contributed by atoms with Gasteiger partial charge in [0.1, 0.15) is 0 Å². The molecule has 0 unspecified atom stereocenters. The summed E-state index contributed by atoms with van der Waals surface area (Å²) in [7, 11) is -3.44. The molecule has 0 saturated carbocycles. The van der Waals surface area contributed by atoms with E-state index < -0.39 is 10.2 Å². The Bertz CT molecular complexity index is 346. The molecule has 0 bridgehead atoms. The van der Waals surface area contributed by atoms with Crippen LogP contribution in [0, 0.1) is 0 Å². The Kier molecular flexibility index (Phi) is 9.37. The van der Waals surface area contributed by atoms with Crippen LogP contribution in [-0.2, 0) is 19.7 Å². The van der Waals surface area contributed by atoms with Crippen LogP contribution in [0.25, 0.3) is 0 Å². The van der Waals surface area contributed by atoms with E-state index in [2.05, 4.69) is 5.32 Å². The molecule has 1 aliphatic rings. The summed E-state index contributed by atoms with van der Waals surface area (Å²) in [6.45, 7) is 9.19. The summed E-state index contributed by atoms with van der Waals surface area (Å²) in [5.74, 6) is 0. The monoisotopic (exact) mass is 323 g/mol. The maximum Gasteiger partial charge on any atom is 0.282 e. The zero-order chi connectivity index (χ0) is 15.6. The maximum atomic E-state index is 12.7. The standard InChI is InChI=1S/C13H29N3O4S/c1-3-19-12-10-16(11-13-20-4-2)21(17,18)15-8-5-6-14-7-9-15/h14H,3-13H2,1-2H3. The first-order valence-corrected chi connectivity index (χ1v) is 9.14. The zero-order valence-corrected chi connectivity index (χ0v) is 14.0. The van der Waals surface area contributed by atoms with Gasteiger partial charge in [-0.1, -0.05) is 0 Å². The highest BCUT2D eigenvalue weighted by molar-refractivity contribution is 7.86. The van der Waals surface area contributed by atoms with Crippen LogP contribution in [0.4, 0.5) is 0 Å². The number of hydrogen-bond donors (Lipinski definition) is 1. The molecular weight excluding hydrogens is 294 g/mol. The van der Waals surface area contributed by atoms with Crippen LogP contribution in [0.15, 0.2) is 0 Å². The molecule has 1 heterocycles. The van der Waals surface area contributed by atoms with E-state index in [1.807, 2.05) is 13.8 Å². The average Bonchev–Trinajstić information content (AvgIpc) is 2.75. The second kappa shape index (κ2) is 10.5. The molecule has 1 aliphatic heterocycles. The van der Waals surface area contributed by atoms with Crippen LogP contribution < -0.4 is 5.32 Å². The van der Waals surface area contributed by atoms with E-state index in [-0.39, 0.29) is 0 Å². The highest BCUT2D eigenvalue weighted by Crippen LogP contribution is 2.10. The minimum absolute atomic E-state index is 0.368. The molecule has 0 aliphatic carbocycles. The van der Waals surface area contributed by atoms with Crippen LogP contribution in [-0.4, -0.2) is 82.7 Å². The fourth-order valence-corrected chi connectivity index (χ4v) is 3.80. The van der Waals surface area contributed by atoms with Gasteiger partial charge in [-0.15, -0.1) is 0 Å². The SMILES string of the molecule is CCOCCN(CCOCC)S(=O)(=O)N1CCCNCC1. The lowest BCUT2D eigenvalue weighted by atomic mass is 10.4. The van der Waals surface area contributed by atoms with Crippen molar-refractivity contribution in [2.45, 2.75) is 20.3 Å². The molecule has 8 heteroatoms. The average molecular weight is 323 g/mol. The van der Waals surface area contributed by atoms with Gasteiger partial charge in [0.05, 0.1) is 13.2 Å². The smallest absolute Gasteiger partial charge is 0.282 e. The van der Waals surface area contributed by atoms with Crippen molar-refractivity contribution in [1.82, 2.24) is 13.9 Å². The predicted molar refractivity (Wildman–Crippen MR) is 82.5 cm³/mol. The lowest BCUT2D eigenvalue weighted by Crippen LogP contribution is -2.47. The van der Waals surface area contributed by atoms with Gasteiger partial charge in [0.25, 0.3) is 10.2 Å². The molecule has 7 nitrogen and oxygen atoms in total. The lowest BCUT2D eigenvalue weighted by Gasteiger charge is -2.28. The van der Waals surface area contributed by atoms with Gasteiger partial charge >= 0.3 is 0 Å². The first kappa shape index (κ1) is 18.8. The third kappa shape index (κ3) is 6.58. The molecule has 0 amide bonds. The fourth-order valence-electron chi connectivity index (χ4n) is 2.18. The second-order valence-electron chi connectivity index (χ2n) is 4.80. The van der Waals surface area contributed by atoms with Gasteiger partial charge in [-0.2, -0.15) is 17.0 Å². The van der Waals surface area contributed by atoms with Gasteiger partial charge < -0.3 is 14.8 Å². The van der Waals surface area contributed by atoms with Gasteiger partial charge in [0.2, 0.25) is 0 Å². The van der Waals surface area contributed by atoms with Crippen molar-refractivity contribution in [3.8, 4) is 0 Å². The van der Waals surface area contributed by atoms with Crippen molar-refractivity contribution < 1.29 is 17.9 Å². The summed E-state index contributed by atoms with van der Waals surface area (Å²) in [4.78, 5) is 0. The quantitative estimate of drug-likeness (QED) is 0.569. The van der Waals surface area contributed by atoms with E-state index in [0.29, 0.717) is 59.2 Å². The van der Waals surface area contributed by atoms with Crippen molar-refractivity contribution in [2.75, 3.05) is 65.7 Å². The molecule has 21 heavy (non-hydrogen) atoms. The molecular formula is C13H29N3O4S. The largest absolute Gasteiger partial charge is 0.380 e. The second-order valence-corrected chi connectivity index (χ2v) is 6.73. The van der Waals surface area contributed by atoms with Gasteiger partial charge in [-0.25, -0.2) is 0 Å². The summed E-state index contributed by atoms with van der Waals surface area (Å²) in [6.07, 6.45) is 0.837. The Labute approximate surface area is 128 Å². The van der Waals surface area contributed by atoms with Gasteiger partial charge in [0.15, 0.2) is 0 Å². The van der Waals surface area contributed by atoms with Crippen LogP contribution in [0.3, 0.4) is 0 Å². The lowest BCUT2D eigenvalue weighted by molar-refractivity contribution is 0.108. The van der Waals surface area contributed by atoms with Crippen LogP contribution >= 0.6 is 0 Å². The van der Waals surface area contributed by atoms with Crippen LogP contribution in [0.5, 0.6) is 0 Å². The highest BCUT2D eigenvalue weighted by atomic mass is 32.2. The number of nitrogens with zero attached hydrogens (tertiary/aromatic N) is 2. The van der Waals surface area contributed by atoms with Gasteiger partial charge in [0, 0.05) is 45.9 Å². The third-order valence-corrected chi connectivity index (χ3v) is 5.37. The molecule has 0 aromatic carbocycles. The molecule has 0 radical (unpaired) electrons. The Balaban J connectivity index is 2.66. The molecule has 1 saturated heterocycles. The minimum Gasteiger partial charge on any atom is -0.380 e. The van der Waals surface area contributed by atoms with Gasteiger partial charge in [-0.3, -0.25) is 0 Å². The Morgan fingerprint density at radius 3 is 2.24 bits per heavy atom. The highest BCUT2D eigenvalue weighted by Gasteiger charge is 2.29. The van der Waals surface area contributed by atoms with E-state index in [9.17, 15) is 8.42 Å². The Hall–Kier alpha value is -0.250. The first-order chi connectivity index (χ1) is 10.1. The number of ether oxygens (including phenoxy) is 2. The molecule has 126 valence electrons. The molecule has 0 spiro atoms. The van der Waals surface area contributed by atoms with E-state index in [0.717, 1.165) is 13.0 Å². The molecule has 0 atom stereocenters. The van der Waals surface area contributed by atoms with Gasteiger partial charge in [-0.05, 0) is 26.8 Å². The van der Waals surface area contributed by atoms with Crippen molar-refractivity contribution >= 4 is 10.2 Å². The summed E-state index contributed by atoms with van der Waals surface area (Å²) >= 11 is 0. The minimum atomic E-state index is -3.44. The van der Waals surface area contributed by atoms with E-state index in [4.69, 9.17) is 9.47 Å². The third-order valence-electron chi connectivity index (χ3n) is 3.33. The van der Waals surface area contributed by atoms with Crippen LogP contribution in [0.2, 0.25) is 0 Å². The molecule has 0 aromatic heterocycles. The molecule has 0 aromatic rings. The van der Waals surface area contributed by atoms with E-state index in [1.54, 1.807) is 4.31 Å². The van der Waals surface area contributed by atoms with E-state index in [1.165, 1.54) is 4.31 Å². The topological polar surface area (TPSA) is 71.1 Å². The van der Waals surface area contributed by atoms with E-state index >= 15 is 0 Å². The normalized spacial score (nSPS) is 18.0. The van der Waals surface area contributed by atoms with Crippen molar-refractivity contribution in [1.29, 1.82) is 0 Å². The fraction of sp³-hybridized carbons (Fsp3) is 1.00. The zero-order valence-electron chi connectivity index (χ0n) is 13.2. The first-order valence-electron chi connectivity index (χ1n) is 7.74. The number of hydrogen-bond acceptors (Lipinski definition) is 5. The summed E-state index contributed by atoms with van der Waals surface area (Å²) in [5.41, 5.74) is 0. The van der Waals surface area contributed by atoms with Crippen LogP contribution in [0.1, 0.15) is 20.3 Å². The Morgan fingerprint density at radius 1 is 1.05 bits per heavy atom. The maximum absolute atomic E-state index is 12.7. The summed E-state index contributed by atoms with van der Waals surface area (Å²) in [6, 6.07) is 0. The Morgan fingerprint density at radius 2 is 1.67 bits per heavy atom. The molecule has 1 fully saturated rings. The number of nitrogens with one attached hydrogen (secondary N) is 1. The van der Waals surface area contributed by atoms with Crippen molar-refractivity contribution in [3.63, 3.8) is 0 Å². The summed E-state index contributed by atoms with van der Waals surface area (Å²) in [5, 5.41) is 3.22. The number of rotatable bonds is 10. The van der Waals surface area contributed by atoms with Crippen molar-refractivity contribution in [2.24, 2.45) is 0 Å². The molecule has 1 rings (SSSR count). The van der Waals surface area contributed by atoms with Crippen molar-refractivity contribution in [3.05, 3.63) is 0 Å². The predicted octanol–water partition coefficient (Wildman–Crippen LogP) is -0.0985. The molecule has 1 N–H and O–H groups in total.